The first kappa shape index (κ1) is 11.3. The van der Waals surface area contributed by atoms with Crippen LogP contribution in [0.15, 0.2) is 0 Å². The monoisotopic (exact) mass is 222 g/mol. The summed E-state index contributed by atoms with van der Waals surface area (Å²) in [4.78, 5) is 11.5. The predicted octanol–water partition coefficient (Wildman–Crippen LogP) is 3.37. The van der Waals surface area contributed by atoms with Gasteiger partial charge < -0.3 is 0 Å². The van der Waals surface area contributed by atoms with Gasteiger partial charge in [-0.05, 0) is 25.7 Å². The van der Waals surface area contributed by atoms with Crippen LogP contribution in [0.1, 0.15) is 39.0 Å². The van der Waals surface area contributed by atoms with Crippen LogP contribution in [0.2, 0.25) is 0 Å². The van der Waals surface area contributed by atoms with Gasteiger partial charge in [0.25, 0.3) is 0 Å². The SMILES string of the molecule is CCC(=O)C1CCC(Cl)CCC1Cl. The van der Waals surface area contributed by atoms with E-state index in [9.17, 15) is 4.79 Å². The van der Waals surface area contributed by atoms with Crippen LogP contribution in [0, 0.1) is 5.92 Å². The van der Waals surface area contributed by atoms with Gasteiger partial charge in [-0.1, -0.05) is 6.92 Å². The molecular formula is C10H16Cl2O. The fourth-order valence-corrected chi connectivity index (χ4v) is 2.50. The zero-order valence-electron chi connectivity index (χ0n) is 7.93. The van der Waals surface area contributed by atoms with Crippen LogP contribution in [0.25, 0.3) is 0 Å². The van der Waals surface area contributed by atoms with Gasteiger partial charge in [0.2, 0.25) is 0 Å². The van der Waals surface area contributed by atoms with E-state index in [0.717, 1.165) is 25.7 Å². The van der Waals surface area contributed by atoms with Gasteiger partial charge in [0.1, 0.15) is 5.78 Å². The fraction of sp³-hybridized carbons (Fsp3) is 0.900. The molecule has 0 amide bonds. The van der Waals surface area contributed by atoms with E-state index in [1.807, 2.05) is 6.92 Å². The zero-order valence-corrected chi connectivity index (χ0v) is 9.44. The Balaban J connectivity index is 2.56. The van der Waals surface area contributed by atoms with E-state index >= 15 is 0 Å². The van der Waals surface area contributed by atoms with Crippen LogP contribution < -0.4 is 0 Å². The quantitative estimate of drug-likeness (QED) is 0.518. The summed E-state index contributed by atoms with van der Waals surface area (Å²) >= 11 is 12.2. The molecule has 0 saturated heterocycles. The second-order valence-electron chi connectivity index (χ2n) is 3.69. The van der Waals surface area contributed by atoms with Crippen LogP contribution in [-0.4, -0.2) is 16.5 Å². The number of hydrogen-bond acceptors (Lipinski definition) is 1. The third kappa shape index (κ3) is 3.14. The molecule has 0 spiro atoms. The van der Waals surface area contributed by atoms with Crippen molar-refractivity contribution in [2.45, 2.75) is 49.8 Å². The van der Waals surface area contributed by atoms with E-state index in [1.54, 1.807) is 0 Å². The van der Waals surface area contributed by atoms with Crippen molar-refractivity contribution < 1.29 is 4.79 Å². The minimum absolute atomic E-state index is 0.0104. The Morgan fingerprint density at radius 3 is 2.46 bits per heavy atom. The molecule has 76 valence electrons. The van der Waals surface area contributed by atoms with Crippen LogP contribution in [0.5, 0.6) is 0 Å². The number of carbonyl (C=O) groups excluding carboxylic acids is 1. The Morgan fingerprint density at radius 1 is 1.23 bits per heavy atom. The molecule has 1 nitrogen and oxygen atoms in total. The maximum atomic E-state index is 11.5. The zero-order chi connectivity index (χ0) is 9.84. The van der Waals surface area contributed by atoms with E-state index in [-0.39, 0.29) is 16.7 Å². The van der Waals surface area contributed by atoms with Crippen LogP contribution in [-0.2, 0) is 4.79 Å². The first-order valence-corrected chi connectivity index (χ1v) is 5.83. The van der Waals surface area contributed by atoms with Crippen molar-refractivity contribution in [3.05, 3.63) is 0 Å². The Hall–Kier alpha value is 0.250. The third-order valence-electron chi connectivity index (χ3n) is 2.75. The highest BCUT2D eigenvalue weighted by Crippen LogP contribution is 2.31. The second kappa shape index (κ2) is 5.21. The second-order valence-corrected chi connectivity index (χ2v) is 4.87. The molecular weight excluding hydrogens is 207 g/mol. The number of Topliss-reactive ketones (excluding diaryl/α,β-unsaturated/α-hetero) is 1. The first-order chi connectivity index (χ1) is 6.15. The molecule has 0 radical (unpaired) electrons. The number of ketones is 1. The number of carbonyl (C=O) groups is 1. The third-order valence-corrected chi connectivity index (χ3v) is 3.70. The minimum atomic E-state index is 0.0104. The van der Waals surface area contributed by atoms with Gasteiger partial charge >= 0.3 is 0 Å². The fourth-order valence-electron chi connectivity index (χ4n) is 1.85. The number of alkyl halides is 2. The van der Waals surface area contributed by atoms with Gasteiger partial charge in [-0.15, -0.1) is 23.2 Å². The van der Waals surface area contributed by atoms with Crippen molar-refractivity contribution in [3.63, 3.8) is 0 Å². The van der Waals surface area contributed by atoms with Gasteiger partial charge in [0, 0.05) is 23.1 Å². The Bertz CT molecular complexity index is 182. The van der Waals surface area contributed by atoms with E-state index in [4.69, 9.17) is 23.2 Å². The Morgan fingerprint density at radius 2 is 1.85 bits per heavy atom. The molecule has 1 aliphatic rings. The largest absolute Gasteiger partial charge is 0.299 e. The summed E-state index contributed by atoms with van der Waals surface area (Å²) in [6.45, 7) is 1.90. The smallest absolute Gasteiger partial charge is 0.137 e. The molecule has 1 fully saturated rings. The number of rotatable bonds is 2. The summed E-state index contributed by atoms with van der Waals surface area (Å²) < 4.78 is 0. The van der Waals surface area contributed by atoms with Crippen molar-refractivity contribution in [2.75, 3.05) is 0 Å². The Kier molecular flexibility index (Phi) is 4.54. The molecule has 3 heteroatoms. The normalized spacial score (nSPS) is 35.5. The average molecular weight is 223 g/mol. The number of halogens is 2. The summed E-state index contributed by atoms with van der Waals surface area (Å²) in [6.07, 6.45) is 4.23. The predicted molar refractivity (Wildman–Crippen MR) is 56.5 cm³/mol. The summed E-state index contributed by atoms with van der Waals surface area (Å²) in [6, 6.07) is 0. The lowest BCUT2D eigenvalue weighted by Crippen LogP contribution is -2.22. The Labute approximate surface area is 89.8 Å². The van der Waals surface area contributed by atoms with Crippen molar-refractivity contribution in [1.29, 1.82) is 0 Å². The van der Waals surface area contributed by atoms with Crippen LogP contribution >= 0.6 is 23.2 Å². The molecule has 0 heterocycles. The van der Waals surface area contributed by atoms with Crippen molar-refractivity contribution in [3.8, 4) is 0 Å². The van der Waals surface area contributed by atoms with Crippen LogP contribution in [0.3, 0.4) is 0 Å². The van der Waals surface area contributed by atoms with Crippen LogP contribution in [0.4, 0.5) is 0 Å². The highest BCUT2D eigenvalue weighted by atomic mass is 35.5. The molecule has 13 heavy (non-hydrogen) atoms. The van der Waals surface area contributed by atoms with Gasteiger partial charge in [0.05, 0.1) is 0 Å². The lowest BCUT2D eigenvalue weighted by Gasteiger charge is -2.16. The first-order valence-electron chi connectivity index (χ1n) is 4.96. The molecule has 1 rings (SSSR count). The van der Waals surface area contributed by atoms with E-state index in [2.05, 4.69) is 0 Å². The van der Waals surface area contributed by atoms with Gasteiger partial charge in [-0.25, -0.2) is 0 Å². The molecule has 0 aromatic rings. The molecule has 0 aromatic heterocycles. The van der Waals surface area contributed by atoms with Crippen molar-refractivity contribution >= 4 is 29.0 Å². The van der Waals surface area contributed by atoms with E-state index in [0.29, 0.717) is 12.2 Å². The molecule has 3 atom stereocenters. The molecule has 0 aromatic carbocycles. The summed E-state index contributed by atoms with van der Waals surface area (Å²) in [5.74, 6) is 0.348. The summed E-state index contributed by atoms with van der Waals surface area (Å²) in [5, 5.41) is 0.229. The summed E-state index contributed by atoms with van der Waals surface area (Å²) in [5.41, 5.74) is 0. The topological polar surface area (TPSA) is 17.1 Å². The molecule has 1 aliphatic carbocycles. The van der Waals surface area contributed by atoms with E-state index < -0.39 is 0 Å². The maximum Gasteiger partial charge on any atom is 0.137 e. The molecule has 0 N–H and O–H groups in total. The van der Waals surface area contributed by atoms with Crippen molar-refractivity contribution in [1.82, 2.24) is 0 Å². The average Bonchev–Trinajstić information content (AvgIpc) is 2.28. The van der Waals surface area contributed by atoms with Gasteiger partial charge in [-0.2, -0.15) is 0 Å². The van der Waals surface area contributed by atoms with E-state index in [1.165, 1.54) is 0 Å². The lowest BCUT2D eigenvalue weighted by atomic mass is 9.94. The molecule has 1 saturated carbocycles. The lowest BCUT2D eigenvalue weighted by molar-refractivity contribution is -0.122. The van der Waals surface area contributed by atoms with Gasteiger partial charge in [0.15, 0.2) is 0 Å². The molecule has 0 bridgehead atoms. The summed E-state index contributed by atoms with van der Waals surface area (Å²) in [7, 11) is 0. The highest BCUT2D eigenvalue weighted by Gasteiger charge is 2.29. The number of hydrogen-bond donors (Lipinski definition) is 0. The molecule has 0 aliphatic heterocycles. The standard InChI is InChI=1S/C10H16Cl2O/c1-2-10(13)8-5-3-7(11)4-6-9(8)12/h7-9H,2-6H2,1H3. The minimum Gasteiger partial charge on any atom is -0.299 e. The molecule has 3 unspecified atom stereocenters. The van der Waals surface area contributed by atoms with Crippen molar-refractivity contribution in [2.24, 2.45) is 5.92 Å². The maximum absolute atomic E-state index is 11.5. The van der Waals surface area contributed by atoms with Gasteiger partial charge in [-0.3, -0.25) is 4.79 Å². The highest BCUT2D eigenvalue weighted by molar-refractivity contribution is 6.23.